The van der Waals surface area contributed by atoms with Crippen LogP contribution >= 0.6 is 0 Å². The summed E-state index contributed by atoms with van der Waals surface area (Å²) < 4.78 is 7.04. The highest BCUT2D eigenvalue weighted by atomic mass is 16.5. The quantitative estimate of drug-likeness (QED) is 0.617. The fourth-order valence-electron chi connectivity index (χ4n) is 4.24. The maximum Gasteiger partial charge on any atom is 0.244 e. The number of carbonyl (C=O) groups is 2. The normalized spacial score (nSPS) is 15.4. The summed E-state index contributed by atoms with van der Waals surface area (Å²) in [5.41, 5.74) is 0.624. The largest absolute Gasteiger partial charge is 0.497 e. The number of hydrogen-bond donors (Lipinski definition) is 0. The Morgan fingerprint density at radius 2 is 1.90 bits per heavy atom. The Labute approximate surface area is 179 Å². The molecule has 0 saturated heterocycles. The van der Waals surface area contributed by atoms with E-state index in [1.165, 1.54) is 32.1 Å². The lowest BCUT2D eigenvalue weighted by Crippen LogP contribution is -2.38. The number of amides is 1. The van der Waals surface area contributed by atoms with E-state index < -0.39 is 5.41 Å². The third-order valence-electron chi connectivity index (χ3n) is 6.08. The van der Waals surface area contributed by atoms with Gasteiger partial charge in [0.15, 0.2) is 5.78 Å². The van der Waals surface area contributed by atoms with Crippen LogP contribution in [0, 0.1) is 11.3 Å². The summed E-state index contributed by atoms with van der Waals surface area (Å²) in [7, 11) is 1.61. The van der Waals surface area contributed by atoms with Gasteiger partial charge >= 0.3 is 0 Å². The van der Waals surface area contributed by atoms with Crippen molar-refractivity contribution in [1.82, 2.24) is 14.7 Å². The highest BCUT2D eigenvalue weighted by molar-refractivity contribution is 6.08. The van der Waals surface area contributed by atoms with Crippen molar-refractivity contribution >= 4 is 22.6 Å². The average Bonchev–Trinajstić information content (AvgIpc) is 3.08. The zero-order valence-corrected chi connectivity index (χ0v) is 19.0. The standard InChI is InChI=1S/C24H35N3O3/c1-6-26(15-17-10-8-7-9-11-17)21(28)16-27-20-14-18(30-5)12-13-19(20)22(25-27)23(29)24(2,3)4/h12-14,17H,6-11,15-16H2,1-5H3. The first-order chi connectivity index (χ1) is 14.2. The van der Waals surface area contributed by atoms with Gasteiger partial charge in [0.25, 0.3) is 0 Å². The lowest BCUT2D eigenvalue weighted by Gasteiger charge is -2.29. The molecule has 1 aromatic heterocycles. The molecule has 6 heteroatoms. The van der Waals surface area contributed by atoms with Crippen molar-refractivity contribution in [1.29, 1.82) is 0 Å². The van der Waals surface area contributed by atoms with Crippen LogP contribution in [-0.2, 0) is 11.3 Å². The smallest absolute Gasteiger partial charge is 0.244 e. The van der Waals surface area contributed by atoms with Gasteiger partial charge < -0.3 is 9.64 Å². The molecule has 0 N–H and O–H groups in total. The minimum absolute atomic E-state index is 0.0292. The molecule has 0 unspecified atom stereocenters. The zero-order chi connectivity index (χ0) is 21.9. The summed E-state index contributed by atoms with van der Waals surface area (Å²) in [6.45, 7) is 9.31. The number of aromatic nitrogens is 2. The van der Waals surface area contributed by atoms with Crippen molar-refractivity contribution in [3.05, 3.63) is 23.9 Å². The van der Waals surface area contributed by atoms with Gasteiger partial charge in [-0.1, -0.05) is 40.0 Å². The molecular formula is C24H35N3O3. The van der Waals surface area contributed by atoms with Gasteiger partial charge in [-0.05, 0) is 37.8 Å². The maximum atomic E-state index is 13.1. The van der Waals surface area contributed by atoms with E-state index in [2.05, 4.69) is 5.10 Å². The monoisotopic (exact) mass is 413 g/mol. The predicted octanol–water partition coefficient (Wildman–Crippen LogP) is 4.70. The first kappa shape index (κ1) is 22.3. The molecular weight excluding hydrogens is 378 g/mol. The SMILES string of the molecule is CCN(CC1CCCCC1)C(=O)Cn1nc(C(=O)C(C)(C)C)c2ccc(OC)cc21. The van der Waals surface area contributed by atoms with Crippen LogP contribution in [0.25, 0.3) is 10.9 Å². The summed E-state index contributed by atoms with van der Waals surface area (Å²) >= 11 is 0. The van der Waals surface area contributed by atoms with Crippen molar-refractivity contribution in [2.24, 2.45) is 11.3 Å². The molecule has 0 radical (unpaired) electrons. The number of benzene rings is 1. The Bertz CT molecular complexity index is 904. The number of carbonyl (C=O) groups excluding carboxylic acids is 2. The summed E-state index contributed by atoms with van der Waals surface area (Å²) in [4.78, 5) is 28.1. The number of fused-ring (bicyclic) bond motifs is 1. The van der Waals surface area contributed by atoms with E-state index in [9.17, 15) is 9.59 Å². The minimum Gasteiger partial charge on any atom is -0.497 e. The van der Waals surface area contributed by atoms with Crippen LogP contribution in [0.4, 0.5) is 0 Å². The molecule has 2 aromatic rings. The van der Waals surface area contributed by atoms with Gasteiger partial charge in [-0.15, -0.1) is 0 Å². The third-order valence-corrected chi connectivity index (χ3v) is 6.08. The van der Waals surface area contributed by atoms with Crippen molar-refractivity contribution in [3.8, 4) is 5.75 Å². The number of ether oxygens (including phenoxy) is 1. The van der Waals surface area contributed by atoms with Crippen molar-refractivity contribution in [2.45, 2.75) is 66.3 Å². The molecule has 6 nitrogen and oxygen atoms in total. The number of methoxy groups -OCH3 is 1. The van der Waals surface area contributed by atoms with Crippen molar-refractivity contribution in [3.63, 3.8) is 0 Å². The average molecular weight is 414 g/mol. The molecule has 0 atom stereocenters. The first-order valence-corrected chi connectivity index (χ1v) is 11.1. The van der Waals surface area contributed by atoms with Crippen LogP contribution in [0.2, 0.25) is 0 Å². The van der Waals surface area contributed by atoms with Gasteiger partial charge in [-0.3, -0.25) is 14.3 Å². The Morgan fingerprint density at radius 3 is 2.50 bits per heavy atom. The van der Waals surface area contributed by atoms with E-state index in [0.717, 1.165) is 17.4 Å². The number of likely N-dealkylation sites (N-methyl/N-ethyl adjacent to an activating group) is 1. The highest BCUT2D eigenvalue weighted by Gasteiger charge is 2.29. The van der Waals surface area contributed by atoms with Crippen LogP contribution in [0.15, 0.2) is 18.2 Å². The molecule has 1 aliphatic carbocycles. The van der Waals surface area contributed by atoms with E-state index in [0.29, 0.717) is 23.9 Å². The molecule has 30 heavy (non-hydrogen) atoms. The van der Waals surface area contributed by atoms with Gasteiger partial charge in [0, 0.05) is 30.0 Å². The second-order valence-corrected chi connectivity index (χ2v) is 9.40. The Hall–Kier alpha value is -2.37. The molecule has 1 heterocycles. The molecule has 1 aliphatic rings. The summed E-state index contributed by atoms with van der Waals surface area (Å²) in [5.74, 6) is 1.29. The minimum atomic E-state index is -0.549. The number of rotatable bonds is 7. The lowest BCUT2D eigenvalue weighted by atomic mass is 9.88. The molecule has 1 saturated carbocycles. The molecule has 0 aliphatic heterocycles. The molecule has 164 valence electrons. The van der Waals surface area contributed by atoms with Gasteiger partial charge in [-0.25, -0.2) is 0 Å². The number of hydrogen-bond acceptors (Lipinski definition) is 4. The van der Waals surface area contributed by atoms with Crippen molar-refractivity contribution in [2.75, 3.05) is 20.2 Å². The van der Waals surface area contributed by atoms with Crippen LogP contribution < -0.4 is 4.74 Å². The predicted molar refractivity (Wildman–Crippen MR) is 119 cm³/mol. The number of ketones is 1. The zero-order valence-electron chi connectivity index (χ0n) is 19.0. The molecule has 3 rings (SSSR count). The Morgan fingerprint density at radius 1 is 1.20 bits per heavy atom. The summed E-state index contributed by atoms with van der Waals surface area (Å²) in [6, 6.07) is 5.55. The van der Waals surface area contributed by atoms with E-state index >= 15 is 0 Å². The molecule has 1 amide bonds. The maximum absolute atomic E-state index is 13.1. The van der Waals surface area contributed by atoms with Crippen molar-refractivity contribution < 1.29 is 14.3 Å². The van der Waals surface area contributed by atoms with Gasteiger partial charge in [0.1, 0.15) is 18.0 Å². The topological polar surface area (TPSA) is 64.4 Å². The second-order valence-electron chi connectivity index (χ2n) is 9.40. The Balaban J connectivity index is 1.89. The lowest BCUT2D eigenvalue weighted by molar-refractivity contribution is -0.132. The van der Waals surface area contributed by atoms with E-state index in [1.807, 2.05) is 50.8 Å². The van der Waals surface area contributed by atoms with E-state index in [4.69, 9.17) is 4.74 Å². The Kier molecular flexibility index (Phi) is 6.84. The summed E-state index contributed by atoms with van der Waals surface area (Å²) in [5, 5.41) is 5.36. The van der Waals surface area contributed by atoms with Crippen LogP contribution in [0.5, 0.6) is 5.75 Å². The second kappa shape index (κ2) is 9.19. The molecule has 1 aromatic carbocycles. The first-order valence-electron chi connectivity index (χ1n) is 11.1. The fraction of sp³-hybridized carbons (Fsp3) is 0.625. The van der Waals surface area contributed by atoms with Gasteiger partial charge in [0.05, 0.1) is 12.6 Å². The number of nitrogens with zero attached hydrogens (tertiary/aromatic N) is 3. The highest BCUT2D eigenvalue weighted by Crippen LogP contribution is 2.29. The van der Waals surface area contributed by atoms with Crippen LogP contribution in [0.3, 0.4) is 0 Å². The summed E-state index contributed by atoms with van der Waals surface area (Å²) in [6.07, 6.45) is 6.24. The van der Waals surface area contributed by atoms with Gasteiger partial charge in [-0.2, -0.15) is 5.10 Å². The molecule has 0 bridgehead atoms. The van der Waals surface area contributed by atoms with Crippen LogP contribution in [-0.4, -0.2) is 46.6 Å². The van der Waals surface area contributed by atoms with Gasteiger partial charge in [0.2, 0.25) is 5.91 Å². The fourth-order valence-corrected chi connectivity index (χ4v) is 4.24. The third kappa shape index (κ3) is 4.85. The van der Waals surface area contributed by atoms with E-state index in [-0.39, 0.29) is 18.2 Å². The molecule has 1 fully saturated rings. The molecule has 0 spiro atoms. The van der Waals surface area contributed by atoms with Crippen LogP contribution in [0.1, 0.15) is 70.3 Å². The number of Topliss-reactive ketones (excluding diaryl/α,β-unsaturated/α-hetero) is 1. The van der Waals surface area contributed by atoms with E-state index in [1.54, 1.807) is 11.8 Å².